The van der Waals surface area contributed by atoms with Crippen LogP contribution in [0.4, 0.5) is 0 Å². The van der Waals surface area contributed by atoms with Crippen molar-refractivity contribution in [3.63, 3.8) is 0 Å². The third-order valence-corrected chi connectivity index (χ3v) is 6.85. The number of carboxylic acids is 1. The number of nitrogens with zero attached hydrogens (tertiary/aromatic N) is 1. The topological polar surface area (TPSA) is 50.2 Å². The van der Waals surface area contributed by atoms with Gasteiger partial charge in [0.05, 0.1) is 16.8 Å². The Kier molecular flexibility index (Phi) is 5.46. The van der Waals surface area contributed by atoms with Gasteiger partial charge in [-0.05, 0) is 71.4 Å². The van der Waals surface area contributed by atoms with Gasteiger partial charge in [-0.15, -0.1) is 11.8 Å². The number of aromatic carboxylic acids is 1. The molecule has 2 aromatic carbocycles. The van der Waals surface area contributed by atoms with Crippen molar-refractivity contribution in [1.29, 1.82) is 0 Å². The molecule has 1 N–H and O–H groups in total. The summed E-state index contributed by atoms with van der Waals surface area (Å²) in [6, 6.07) is 16.1. The van der Waals surface area contributed by atoms with Crippen molar-refractivity contribution in [3.05, 3.63) is 70.9 Å². The molecule has 0 amide bonds. The molecule has 0 saturated carbocycles. The van der Waals surface area contributed by atoms with Gasteiger partial charge in [-0.2, -0.15) is 0 Å². The van der Waals surface area contributed by atoms with Crippen LogP contribution in [0.5, 0.6) is 0 Å². The Labute approximate surface area is 182 Å². The molecule has 30 heavy (non-hydrogen) atoms. The highest BCUT2D eigenvalue weighted by Gasteiger charge is 2.35. The van der Waals surface area contributed by atoms with E-state index in [1.165, 1.54) is 4.90 Å². The molecule has 1 unspecified atom stereocenters. The average molecular weight is 418 g/mol. The molecule has 3 nitrogen and oxygen atoms in total. The van der Waals surface area contributed by atoms with E-state index in [9.17, 15) is 9.90 Å². The second-order valence-corrected chi connectivity index (χ2v) is 9.93. The molecule has 0 radical (unpaired) electrons. The minimum atomic E-state index is -0.872. The van der Waals surface area contributed by atoms with Gasteiger partial charge < -0.3 is 5.11 Å². The summed E-state index contributed by atoms with van der Waals surface area (Å²) in [6.45, 7) is 6.72. The maximum absolute atomic E-state index is 12.3. The first-order valence-corrected chi connectivity index (χ1v) is 11.5. The largest absolute Gasteiger partial charge is 0.478 e. The third-order valence-electron chi connectivity index (χ3n) is 6.11. The van der Waals surface area contributed by atoms with Gasteiger partial charge in [-0.1, -0.05) is 51.1 Å². The Morgan fingerprint density at radius 1 is 1.10 bits per heavy atom. The summed E-state index contributed by atoms with van der Waals surface area (Å²) >= 11 is 1.72. The maximum atomic E-state index is 12.3. The number of benzene rings is 2. The number of fused-ring (bicyclic) bond motifs is 2. The van der Waals surface area contributed by atoms with Gasteiger partial charge in [-0.25, -0.2) is 9.78 Å². The van der Waals surface area contributed by atoms with Gasteiger partial charge in [0.15, 0.2) is 0 Å². The van der Waals surface area contributed by atoms with E-state index in [0.717, 1.165) is 46.1 Å². The standard InChI is InChI=1S/C26H27NO2S/c1-26(2,3)18-14-17(13-16-9-11-19(30-4)12-10-16)24-21(15-18)23(25(28)29)20-7-5-6-8-22(20)27-24/h5-13,18H,14-15H2,1-4H3,(H,28,29). The molecule has 0 aliphatic heterocycles. The highest BCUT2D eigenvalue weighted by Crippen LogP contribution is 2.44. The lowest BCUT2D eigenvalue weighted by Crippen LogP contribution is -2.28. The van der Waals surface area contributed by atoms with Crippen LogP contribution in [0.15, 0.2) is 53.4 Å². The average Bonchev–Trinajstić information content (AvgIpc) is 2.71. The van der Waals surface area contributed by atoms with Crippen molar-refractivity contribution < 1.29 is 9.90 Å². The highest BCUT2D eigenvalue weighted by molar-refractivity contribution is 7.98. The smallest absolute Gasteiger partial charge is 0.336 e. The molecule has 1 atom stereocenters. The molecule has 4 rings (SSSR count). The number of pyridine rings is 1. The molecule has 0 bridgehead atoms. The Balaban J connectivity index is 1.96. The molecular weight excluding hydrogens is 390 g/mol. The van der Waals surface area contributed by atoms with Gasteiger partial charge in [0, 0.05) is 10.3 Å². The Hall–Kier alpha value is -2.59. The van der Waals surface area contributed by atoms with Crippen LogP contribution in [0.3, 0.4) is 0 Å². The van der Waals surface area contributed by atoms with Crippen molar-refractivity contribution in [2.75, 3.05) is 6.26 Å². The first-order valence-electron chi connectivity index (χ1n) is 10.3. The summed E-state index contributed by atoms with van der Waals surface area (Å²) in [5, 5.41) is 10.8. The number of allylic oxidation sites excluding steroid dienone is 1. The number of aromatic nitrogens is 1. The Morgan fingerprint density at radius 3 is 2.43 bits per heavy atom. The monoisotopic (exact) mass is 417 g/mol. The zero-order valence-electron chi connectivity index (χ0n) is 17.9. The molecule has 1 heterocycles. The van der Waals surface area contributed by atoms with Crippen molar-refractivity contribution in [2.45, 2.75) is 38.5 Å². The molecule has 1 aliphatic rings. The fourth-order valence-electron chi connectivity index (χ4n) is 4.28. The summed E-state index contributed by atoms with van der Waals surface area (Å²) in [5.41, 5.74) is 5.19. The minimum absolute atomic E-state index is 0.0703. The maximum Gasteiger partial charge on any atom is 0.336 e. The summed E-state index contributed by atoms with van der Waals surface area (Å²) in [4.78, 5) is 18.5. The van der Waals surface area contributed by atoms with Crippen LogP contribution in [0.1, 0.15) is 54.4 Å². The van der Waals surface area contributed by atoms with E-state index in [-0.39, 0.29) is 5.41 Å². The van der Waals surface area contributed by atoms with Crippen LogP contribution in [-0.4, -0.2) is 22.3 Å². The van der Waals surface area contributed by atoms with Gasteiger partial charge in [-0.3, -0.25) is 0 Å². The number of rotatable bonds is 3. The lowest BCUT2D eigenvalue weighted by molar-refractivity contribution is 0.0696. The number of carbonyl (C=O) groups is 1. The molecule has 1 aromatic heterocycles. The van der Waals surface area contributed by atoms with Crippen LogP contribution in [0.25, 0.3) is 22.6 Å². The first kappa shape index (κ1) is 20.7. The van der Waals surface area contributed by atoms with E-state index in [1.54, 1.807) is 11.8 Å². The first-order chi connectivity index (χ1) is 14.3. The molecule has 154 valence electrons. The zero-order valence-corrected chi connectivity index (χ0v) is 18.7. The van der Waals surface area contributed by atoms with E-state index < -0.39 is 5.97 Å². The van der Waals surface area contributed by atoms with Crippen LogP contribution in [0.2, 0.25) is 0 Å². The predicted octanol–water partition coefficient (Wildman–Crippen LogP) is 6.80. The second kappa shape index (κ2) is 7.92. The van der Waals surface area contributed by atoms with Crippen molar-refractivity contribution in [2.24, 2.45) is 11.3 Å². The van der Waals surface area contributed by atoms with Crippen molar-refractivity contribution in [3.8, 4) is 0 Å². The summed E-state index contributed by atoms with van der Waals surface area (Å²) < 4.78 is 0. The number of hydrogen-bond acceptors (Lipinski definition) is 3. The summed E-state index contributed by atoms with van der Waals surface area (Å²) in [7, 11) is 0. The molecule has 0 saturated heterocycles. The molecule has 1 aliphatic carbocycles. The van der Waals surface area contributed by atoms with Crippen LogP contribution < -0.4 is 0 Å². The predicted molar refractivity (Wildman–Crippen MR) is 126 cm³/mol. The number of thioether (sulfide) groups is 1. The molecule has 3 aromatic rings. The fourth-order valence-corrected chi connectivity index (χ4v) is 4.69. The van der Waals surface area contributed by atoms with Crippen LogP contribution in [-0.2, 0) is 6.42 Å². The molecule has 4 heteroatoms. The second-order valence-electron chi connectivity index (χ2n) is 9.05. The summed E-state index contributed by atoms with van der Waals surface area (Å²) in [5.74, 6) is -0.522. The molecule has 0 spiro atoms. The van der Waals surface area contributed by atoms with Crippen LogP contribution >= 0.6 is 11.8 Å². The van der Waals surface area contributed by atoms with Gasteiger partial charge >= 0.3 is 5.97 Å². The fraction of sp³-hybridized carbons (Fsp3) is 0.308. The number of para-hydroxylation sites is 1. The molecule has 0 fully saturated rings. The van der Waals surface area contributed by atoms with E-state index in [4.69, 9.17) is 4.98 Å². The zero-order chi connectivity index (χ0) is 21.5. The van der Waals surface area contributed by atoms with E-state index >= 15 is 0 Å². The lowest BCUT2D eigenvalue weighted by atomic mass is 9.69. The SMILES string of the molecule is CSc1ccc(C=C2CC(C(C)(C)C)Cc3c2nc2ccccc2c3C(=O)O)cc1. The Bertz CT molecular complexity index is 1140. The number of hydrogen-bond donors (Lipinski definition) is 1. The third kappa shape index (κ3) is 3.89. The van der Waals surface area contributed by atoms with Gasteiger partial charge in [0.1, 0.15) is 0 Å². The molecular formula is C26H27NO2S. The highest BCUT2D eigenvalue weighted by atomic mass is 32.2. The van der Waals surface area contributed by atoms with Crippen molar-refractivity contribution in [1.82, 2.24) is 4.98 Å². The van der Waals surface area contributed by atoms with Gasteiger partial charge in [0.2, 0.25) is 0 Å². The minimum Gasteiger partial charge on any atom is -0.478 e. The lowest BCUT2D eigenvalue weighted by Gasteiger charge is -2.36. The van der Waals surface area contributed by atoms with E-state index in [0.29, 0.717) is 11.5 Å². The van der Waals surface area contributed by atoms with Crippen LogP contribution in [0, 0.1) is 11.3 Å². The van der Waals surface area contributed by atoms with E-state index in [2.05, 4.69) is 57.4 Å². The van der Waals surface area contributed by atoms with Crippen molar-refractivity contribution >= 4 is 40.3 Å². The normalized spacial score (nSPS) is 17.9. The quantitative estimate of drug-likeness (QED) is 0.476. The summed E-state index contributed by atoms with van der Waals surface area (Å²) in [6.07, 6.45) is 5.89. The van der Waals surface area contributed by atoms with E-state index in [1.807, 2.05) is 24.3 Å². The van der Waals surface area contributed by atoms with Gasteiger partial charge in [0.25, 0.3) is 0 Å². The number of carboxylic acid groups (broad SMARTS) is 1. The Morgan fingerprint density at radius 2 is 1.80 bits per heavy atom.